The van der Waals surface area contributed by atoms with Gasteiger partial charge in [-0.15, -0.1) is 22.7 Å². The number of carbonyl (C=O) groups is 1. The van der Waals surface area contributed by atoms with Crippen LogP contribution in [0.2, 0.25) is 0 Å². The Kier molecular flexibility index (Phi) is 4.88. The first-order valence-corrected chi connectivity index (χ1v) is 10.8. The molecule has 1 atom stereocenters. The Labute approximate surface area is 150 Å². The van der Waals surface area contributed by atoms with Crippen molar-refractivity contribution >= 4 is 59.7 Å². The number of carbonyl (C=O) groups excluding carboxylic acids is 1. The number of thiazole rings is 1. The lowest BCUT2D eigenvalue weighted by Crippen LogP contribution is -2.42. The van der Waals surface area contributed by atoms with Crippen molar-refractivity contribution in [3.8, 4) is 0 Å². The van der Waals surface area contributed by atoms with E-state index < -0.39 is 16.1 Å². The van der Waals surface area contributed by atoms with Crippen LogP contribution in [0.1, 0.15) is 18.5 Å². The van der Waals surface area contributed by atoms with Crippen LogP contribution >= 0.6 is 38.6 Å². The molecular weight excluding hydrogens is 422 g/mol. The average molecular weight is 436 g/mol. The molecule has 0 spiro atoms. The topological polar surface area (TPSA) is 79.4 Å². The minimum Gasteiger partial charge on any atom is -0.301 e. The minimum atomic E-state index is -3.66. The van der Waals surface area contributed by atoms with Crippen LogP contribution in [-0.4, -0.2) is 36.2 Å². The van der Waals surface area contributed by atoms with E-state index in [0.717, 1.165) is 20.8 Å². The molecule has 1 aliphatic heterocycles. The fraction of sp³-hybridized carbons (Fsp3) is 0.385. The molecule has 0 radical (unpaired) electrons. The van der Waals surface area contributed by atoms with Crippen molar-refractivity contribution in [2.75, 3.05) is 11.9 Å². The molecule has 10 heteroatoms. The molecule has 1 fully saturated rings. The molecule has 1 saturated heterocycles. The number of aryl methyl sites for hydroxylation is 1. The van der Waals surface area contributed by atoms with Gasteiger partial charge in [-0.25, -0.2) is 13.4 Å². The van der Waals surface area contributed by atoms with Crippen molar-refractivity contribution in [2.45, 2.75) is 30.0 Å². The van der Waals surface area contributed by atoms with E-state index in [-0.39, 0.29) is 10.1 Å². The van der Waals surface area contributed by atoms with Gasteiger partial charge in [0.1, 0.15) is 10.3 Å². The number of anilines is 1. The fourth-order valence-corrected chi connectivity index (χ4v) is 6.93. The van der Waals surface area contributed by atoms with Crippen LogP contribution in [0.4, 0.5) is 5.13 Å². The summed E-state index contributed by atoms with van der Waals surface area (Å²) in [4.78, 5) is 16.6. The van der Waals surface area contributed by atoms with E-state index in [1.165, 1.54) is 15.6 Å². The maximum atomic E-state index is 12.7. The number of thiophene rings is 1. The summed E-state index contributed by atoms with van der Waals surface area (Å²) in [5, 5.41) is 5.05. The number of nitrogens with zero attached hydrogens (tertiary/aromatic N) is 2. The molecule has 0 bridgehead atoms. The molecule has 6 nitrogen and oxygen atoms in total. The van der Waals surface area contributed by atoms with Crippen molar-refractivity contribution in [2.24, 2.45) is 0 Å². The highest BCUT2D eigenvalue weighted by atomic mass is 79.9. The van der Waals surface area contributed by atoms with Gasteiger partial charge >= 0.3 is 0 Å². The number of rotatable bonds is 4. The summed E-state index contributed by atoms with van der Waals surface area (Å²) in [6.07, 6.45) is 1.18. The Hall–Kier alpha value is -0.810. The molecule has 23 heavy (non-hydrogen) atoms. The quantitative estimate of drug-likeness (QED) is 0.799. The van der Waals surface area contributed by atoms with E-state index in [1.807, 2.05) is 12.3 Å². The number of nitrogens with one attached hydrogen (secondary N) is 1. The maximum Gasteiger partial charge on any atom is 0.253 e. The first kappa shape index (κ1) is 17.0. The SMILES string of the molecule is Cc1csc(NC(=O)[C@@H]2CCCN2S(=O)(=O)c2ccc(Br)s2)n1. The summed E-state index contributed by atoms with van der Waals surface area (Å²) in [6.45, 7) is 2.19. The van der Waals surface area contributed by atoms with E-state index in [9.17, 15) is 13.2 Å². The molecule has 1 N–H and O–H groups in total. The van der Waals surface area contributed by atoms with Crippen LogP contribution in [-0.2, 0) is 14.8 Å². The second-order valence-corrected chi connectivity index (χ2v) is 10.6. The van der Waals surface area contributed by atoms with Crippen molar-refractivity contribution in [3.05, 3.63) is 27.0 Å². The third kappa shape index (κ3) is 3.50. The molecular formula is C13H14BrN3O3S3. The number of aromatic nitrogens is 1. The molecule has 0 unspecified atom stereocenters. The highest BCUT2D eigenvalue weighted by molar-refractivity contribution is 9.11. The van der Waals surface area contributed by atoms with Crippen LogP contribution in [0, 0.1) is 6.92 Å². The number of hydrogen-bond donors (Lipinski definition) is 1. The Morgan fingerprint density at radius 2 is 2.26 bits per heavy atom. The molecule has 0 aromatic carbocycles. The minimum absolute atomic E-state index is 0.245. The zero-order valence-corrected chi connectivity index (χ0v) is 16.2. The second-order valence-electron chi connectivity index (χ2n) is 5.12. The van der Waals surface area contributed by atoms with Crippen LogP contribution in [0.25, 0.3) is 0 Å². The van der Waals surface area contributed by atoms with Gasteiger partial charge < -0.3 is 5.32 Å². The number of sulfonamides is 1. The monoisotopic (exact) mass is 435 g/mol. The summed E-state index contributed by atoms with van der Waals surface area (Å²) in [5.41, 5.74) is 0.824. The summed E-state index contributed by atoms with van der Waals surface area (Å²) in [6, 6.07) is 2.56. The van der Waals surface area contributed by atoms with E-state index in [4.69, 9.17) is 0 Å². The lowest BCUT2D eigenvalue weighted by atomic mass is 10.2. The van der Waals surface area contributed by atoms with Crippen LogP contribution in [0.15, 0.2) is 25.5 Å². The van der Waals surface area contributed by atoms with Gasteiger partial charge in [-0.2, -0.15) is 4.31 Å². The summed E-state index contributed by atoms with van der Waals surface area (Å²) < 4.78 is 27.8. The van der Waals surface area contributed by atoms with Gasteiger partial charge in [0.25, 0.3) is 10.0 Å². The normalized spacial score (nSPS) is 19.1. The van der Waals surface area contributed by atoms with Crippen molar-refractivity contribution in [1.29, 1.82) is 0 Å². The lowest BCUT2D eigenvalue weighted by molar-refractivity contribution is -0.119. The molecule has 3 heterocycles. The molecule has 1 amide bonds. The van der Waals surface area contributed by atoms with Crippen LogP contribution in [0.5, 0.6) is 0 Å². The molecule has 2 aromatic heterocycles. The highest BCUT2D eigenvalue weighted by Crippen LogP contribution is 2.32. The van der Waals surface area contributed by atoms with Gasteiger partial charge in [-0.3, -0.25) is 4.79 Å². The lowest BCUT2D eigenvalue weighted by Gasteiger charge is -2.22. The van der Waals surface area contributed by atoms with E-state index in [2.05, 4.69) is 26.2 Å². The predicted octanol–water partition coefficient (Wildman–Crippen LogP) is 3.07. The Morgan fingerprint density at radius 1 is 1.48 bits per heavy atom. The largest absolute Gasteiger partial charge is 0.301 e. The Morgan fingerprint density at radius 3 is 2.87 bits per heavy atom. The number of amides is 1. The van der Waals surface area contributed by atoms with E-state index in [0.29, 0.717) is 24.5 Å². The first-order chi connectivity index (χ1) is 10.9. The predicted molar refractivity (Wildman–Crippen MR) is 94.4 cm³/mol. The van der Waals surface area contributed by atoms with Gasteiger partial charge in [0.05, 0.1) is 9.48 Å². The van der Waals surface area contributed by atoms with E-state index >= 15 is 0 Å². The molecule has 2 aromatic rings. The molecule has 0 aliphatic carbocycles. The smallest absolute Gasteiger partial charge is 0.253 e. The first-order valence-electron chi connectivity index (χ1n) is 6.88. The van der Waals surface area contributed by atoms with Crippen molar-refractivity contribution in [3.63, 3.8) is 0 Å². The second kappa shape index (κ2) is 6.60. The Balaban J connectivity index is 1.81. The molecule has 0 saturated carbocycles. The average Bonchev–Trinajstić information content (AvgIpc) is 3.19. The fourth-order valence-electron chi connectivity index (χ4n) is 2.44. The molecule has 124 valence electrons. The molecule has 3 rings (SSSR count). The van der Waals surface area contributed by atoms with Crippen LogP contribution < -0.4 is 5.32 Å². The highest BCUT2D eigenvalue weighted by Gasteiger charge is 2.40. The standard InChI is InChI=1S/C13H14BrN3O3S3/c1-8-7-21-13(15-8)16-12(18)9-3-2-6-17(9)23(19,20)11-5-4-10(14)22-11/h4-5,7,9H,2-3,6H2,1H3,(H,15,16,18)/t9-/m0/s1. The van der Waals surface area contributed by atoms with Gasteiger partial charge in [-0.05, 0) is 47.8 Å². The third-order valence-corrected chi connectivity index (χ3v) is 8.34. The van der Waals surface area contributed by atoms with E-state index in [1.54, 1.807) is 12.1 Å². The Bertz CT molecular complexity index is 830. The van der Waals surface area contributed by atoms with Crippen molar-refractivity contribution in [1.82, 2.24) is 9.29 Å². The number of hydrogen-bond acceptors (Lipinski definition) is 6. The maximum absolute atomic E-state index is 12.7. The van der Waals surface area contributed by atoms with Gasteiger partial charge in [0, 0.05) is 11.9 Å². The third-order valence-electron chi connectivity index (χ3n) is 3.47. The van der Waals surface area contributed by atoms with Gasteiger partial charge in [-0.1, -0.05) is 0 Å². The summed E-state index contributed by atoms with van der Waals surface area (Å²) >= 11 is 5.75. The van der Waals surface area contributed by atoms with Gasteiger partial charge in [0.2, 0.25) is 5.91 Å². The summed E-state index contributed by atoms with van der Waals surface area (Å²) in [7, 11) is -3.66. The number of halogens is 1. The van der Waals surface area contributed by atoms with Crippen molar-refractivity contribution < 1.29 is 13.2 Å². The summed E-state index contributed by atoms with van der Waals surface area (Å²) in [5.74, 6) is -0.323. The molecule has 1 aliphatic rings. The van der Waals surface area contributed by atoms with Crippen LogP contribution in [0.3, 0.4) is 0 Å². The van der Waals surface area contributed by atoms with Gasteiger partial charge in [0.15, 0.2) is 5.13 Å². The zero-order chi connectivity index (χ0) is 16.6. The zero-order valence-electron chi connectivity index (χ0n) is 12.2.